The molecular formula is C21H21BrN4O4. The number of halogens is 1. The largest absolute Gasteiger partial charge is 0.465 e. The fraction of sp³-hybridized carbons (Fsp3) is 0.333. The number of hydrogen-bond acceptors (Lipinski definition) is 5. The number of pyridine rings is 2. The Hall–Kier alpha value is -2.94. The molecule has 1 saturated carbocycles. The van der Waals surface area contributed by atoms with Crippen LogP contribution < -0.4 is 10.6 Å². The van der Waals surface area contributed by atoms with E-state index in [4.69, 9.17) is 9.52 Å². The molecule has 3 aromatic heterocycles. The lowest BCUT2D eigenvalue weighted by Gasteiger charge is -2.34. The molecule has 0 spiro atoms. The van der Waals surface area contributed by atoms with Gasteiger partial charge in [-0.2, -0.15) is 0 Å². The van der Waals surface area contributed by atoms with Crippen molar-refractivity contribution >= 4 is 44.7 Å². The van der Waals surface area contributed by atoms with Crippen molar-refractivity contribution in [2.45, 2.75) is 38.1 Å². The first kappa shape index (κ1) is 20.3. The minimum absolute atomic E-state index is 0.113. The molecule has 0 aromatic carbocycles. The molecule has 30 heavy (non-hydrogen) atoms. The molecule has 3 heterocycles. The van der Waals surface area contributed by atoms with Gasteiger partial charge in [0.05, 0.1) is 16.4 Å². The first-order chi connectivity index (χ1) is 14.4. The second-order valence-electron chi connectivity index (χ2n) is 7.70. The van der Waals surface area contributed by atoms with Crippen LogP contribution in [0.3, 0.4) is 0 Å². The van der Waals surface area contributed by atoms with Gasteiger partial charge >= 0.3 is 6.09 Å². The van der Waals surface area contributed by atoms with Crippen LogP contribution in [0.2, 0.25) is 0 Å². The predicted octanol–water partition coefficient (Wildman–Crippen LogP) is 4.78. The van der Waals surface area contributed by atoms with Gasteiger partial charge in [0, 0.05) is 12.2 Å². The number of amides is 2. The van der Waals surface area contributed by atoms with Gasteiger partial charge in [0.2, 0.25) is 0 Å². The van der Waals surface area contributed by atoms with E-state index in [2.05, 4.69) is 43.5 Å². The first-order valence-electron chi connectivity index (χ1n) is 9.69. The van der Waals surface area contributed by atoms with Crippen LogP contribution in [0.15, 0.2) is 45.7 Å². The van der Waals surface area contributed by atoms with Gasteiger partial charge in [0.25, 0.3) is 5.91 Å². The number of hydrogen-bond donors (Lipinski definition) is 3. The molecule has 0 aliphatic heterocycles. The molecular weight excluding hydrogens is 452 g/mol. The van der Waals surface area contributed by atoms with Crippen LogP contribution >= 0.6 is 15.9 Å². The molecule has 0 saturated heterocycles. The van der Waals surface area contributed by atoms with E-state index in [0.29, 0.717) is 33.6 Å². The van der Waals surface area contributed by atoms with Crippen LogP contribution in [0, 0.1) is 5.92 Å². The van der Waals surface area contributed by atoms with Crippen LogP contribution in [0.4, 0.5) is 10.5 Å². The van der Waals surface area contributed by atoms with Gasteiger partial charge in [0.15, 0.2) is 5.58 Å². The molecule has 1 fully saturated rings. The van der Waals surface area contributed by atoms with Gasteiger partial charge in [-0.1, -0.05) is 6.92 Å². The number of carbonyl (C=O) groups excluding carboxylic acids is 1. The Morgan fingerprint density at radius 3 is 2.87 bits per heavy atom. The molecule has 0 bridgehead atoms. The summed E-state index contributed by atoms with van der Waals surface area (Å²) in [4.78, 5) is 32.5. The van der Waals surface area contributed by atoms with Crippen molar-refractivity contribution in [3.8, 4) is 0 Å². The molecule has 0 radical (unpaired) electrons. The van der Waals surface area contributed by atoms with Crippen LogP contribution in [0.1, 0.15) is 48.2 Å². The topological polar surface area (TPSA) is 117 Å². The lowest BCUT2D eigenvalue weighted by molar-refractivity contribution is 0.102. The molecule has 0 unspecified atom stereocenters. The third-order valence-corrected chi connectivity index (χ3v) is 5.98. The third-order valence-electron chi connectivity index (χ3n) is 5.42. The molecule has 1 aliphatic carbocycles. The molecule has 8 nitrogen and oxygen atoms in total. The van der Waals surface area contributed by atoms with E-state index in [9.17, 15) is 9.59 Å². The molecule has 3 atom stereocenters. The van der Waals surface area contributed by atoms with E-state index in [-0.39, 0.29) is 23.6 Å². The second kappa shape index (κ2) is 8.43. The highest BCUT2D eigenvalue weighted by molar-refractivity contribution is 9.10. The maximum absolute atomic E-state index is 12.9. The maximum Gasteiger partial charge on any atom is 0.404 e. The van der Waals surface area contributed by atoms with Gasteiger partial charge in [-0.3, -0.25) is 9.78 Å². The lowest BCUT2D eigenvalue weighted by Crippen LogP contribution is -2.39. The highest BCUT2D eigenvalue weighted by Gasteiger charge is 2.30. The van der Waals surface area contributed by atoms with Crippen LogP contribution in [-0.2, 0) is 0 Å². The third kappa shape index (κ3) is 4.30. The number of nitrogens with one attached hydrogen (secondary N) is 2. The molecule has 1 aliphatic rings. The Morgan fingerprint density at radius 2 is 2.07 bits per heavy atom. The zero-order valence-corrected chi connectivity index (χ0v) is 17.8. The molecule has 2 amide bonds. The highest BCUT2D eigenvalue weighted by Crippen LogP contribution is 2.39. The van der Waals surface area contributed by atoms with Crippen molar-refractivity contribution in [1.29, 1.82) is 0 Å². The average molecular weight is 473 g/mol. The summed E-state index contributed by atoms with van der Waals surface area (Å²) in [6.07, 6.45) is 6.23. The van der Waals surface area contributed by atoms with Crippen molar-refractivity contribution in [2.24, 2.45) is 5.92 Å². The maximum atomic E-state index is 12.9. The van der Waals surface area contributed by atoms with Crippen molar-refractivity contribution in [3.63, 3.8) is 0 Å². The number of carboxylic acid groups (broad SMARTS) is 1. The van der Waals surface area contributed by atoms with E-state index >= 15 is 0 Å². The summed E-state index contributed by atoms with van der Waals surface area (Å²) in [7, 11) is 0. The lowest BCUT2D eigenvalue weighted by atomic mass is 9.76. The second-order valence-corrected chi connectivity index (χ2v) is 8.55. The molecule has 3 N–H and O–H groups in total. The van der Waals surface area contributed by atoms with Crippen LogP contribution in [0.25, 0.3) is 11.1 Å². The van der Waals surface area contributed by atoms with Crippen molar-refractivity contribution in [2.75, 3.05) is 5.32 Å². The Kier molecular flexibility index (Phi) is 5.72. The normalized spacial score (nSPS) is 21.3. The standard InChI is InChI=1S/C21H21BrN4O4/c1-11-6-12(8-13(7-11)24-21(28)29)14-4-5-23-9-17(14)26-20(27)16-2-3-18-19(25-16)15(22)10-30-18/h2-5,9-13,24H,6-8H2,1H3,(H,26,27)(H,28,29)/t11-,12+,13+/m1/s1. The summed E-state index contributed by atoms with van der Waals surface area (Å²) in [5, 5.41) is 14.6. The molecule has 4 rings (SSSR count). The number of anilines is 1. The fourth-order valence-corrected chi connectivity index (χ4v) is 4.59. The summed E-state index contributed by atoms with van der Waals surface area (Å²) in [5.41, 5.74) is 3.00. The van der Waals surface area contributed by atoms with Gasteiger partial charge in [-0.05, 0) is 70.8 Å². The van der Waals surface area contributed by atoms with Crippen molar-refractivity contribution < 1.29 is 19.1 Å². The first-order valence-corrected chi connectivity index (χ1v) is 10.5. The van der Waals surface area contributed by atoms with Crippen LogP contribution in [-0.4, -0.2) is 33.1 Å². The van der Waals surface area contributed by atoms with Gasteiger partial charge in [0.1, 0.15) is 17.5 Å². The number of furan rings is 1. The molecule has 9 heteroatoms. The smallest absolute Gasteiger partial charge is 0.404 e. The van der Waals surface area contributed by atoms with Gasteiger partial charge in [-0.15, -0.1) is 0 Å². The summed E-state index contributed by atoms with van der Waals surface area (Å²) >= 11 is 3.36. The number of fused-ring (bicyclic) bond motifs is 1. The van der Waals surface area contributed by atoms with E-state index in [1.165, 1.54) is 6.26 Å². The van der Waals surface area contributed by atoms with E-state index in [1.54, 1.807) is 24.5 Å². The van der Waals surface area contributed by atoms with Crippen molar-refractivity contribution in [3.05, 3.63) is 52.6 Å². The summed E-state index contributed by atoms with van der Waals surface area (Å²) in [6.45, 7) is 2.12. The fourth-order valence-electron chi connectivity index (χ4n) is 4.21. The number of rotatable bonds is 4. The monoisotopic (exact) mass is 472 g/mol. The van der Waals surface area contributed by atoms with E-state index in [1.807, 2.05) is 6.07 Å². The number of carbonyl (C=O) groups is 2. The SMILES string of the molecule is C[C@H]1C[C@H](NC(=O)O)C[C@@H](c2ccncc2NC(=O)c2ccc3occ(Br)c3n2)C1. The zero-order valence-electron chi connectivity index (χ0n) is 16.3. The molecule has 156 valence electrons. The zero-order chi connectivity index (χ0) is 21.3. The minimum atomic E-state index is -1.01. The summed E-state index contributed by atoms with van der Waals surface area (Å²) in [5.74, 6) is 0.130. The Morgan fingerprint density at radius 1 is 1.23 bits per heavy atom. The summed E-state index contributed by atoms with van der Waals surface area (Å²) in [6, 6.07) is 5.09. The Balaban J connectivity index is 1.57. The highest BCUT2D eigenvalue weighted by atomic mass is 79.9. The van der Waals surface area contributed by atoms with Crippen LogP contribution in [0.5, 0.6) is 0 Å². The number of aromatic nitrogens is 2. The number of nitrogens with zero attached hydrogens (tertiary/aromatic N) is 2. The predicted molar refractivity (Wildman–Crippen MR) is 115 cm³/mol. The Bertz CT molecular complexity index is 1100. The summed E-state index contributed by atoms with van der Waals surface area (Å²) < 4.78 is 6.03. The van der Waals surface area contributed by atoms with Crippen molar-refractivity contribution in [1.82, 2.24) is 15.3 Å². The van der Waals surface area contributed by atoms with E-state index in [0.717, 1.165) is 18.4 Å². The van der Waals surface area contributed by atoms with Gasteiger partial charge in [-0.25, -0.2) is 9.78 Å². The quantitative estimate of drug-likeness (QED) is 0.502. The van der Waals surface area contributed by atoms with E-state index < -0.39 is 6.09 Å². The Labute approximate surface area is 181 Å². The molecule has 3 aromatic rings. The average Bonchev–Trinajstić information content (AvgIpc) is 3.07. The van der Waals surface area contributed by atoms with Gasteiger partial charge < -0.3 is 20.2 Å². The minimum Gasteiger partial charge on any atom is -0.465 e.